The first-order valence-corrected chi connectivity index (χ1v) is 7.04. The molecular weight excluding hydrogens is 286 g/mol. The fourth-order valence-electron chi connectivity index (χ4n) is 2.06. The number of carbonyl (C=O) groups excluding carboxylic acids is 1. The third kappa shape index (κ3) is 3.52. The third-order valence-corrected chi connectivity index (χ3v) is 3.66. The summed E-state index contributed by atoms with van der Waals surface area (Å²) in [4.78, 5) is 18.3. The number of aromatic nitrogens is 1. The van der Waals surface area contributed by atoms with E-state index in [4.69, 9.17) is 11.6 Å². The highest BCUT2D eigenvalue weighted by Crippen LogP contribution is 2.20. The van der Waals surface area contributed by atoms with Crippen LogP contribution in [0.25, 0.3) is 0 Å². The first kappa shape index (κ1) is 15.3. The van der Waals surface area contributed by atoms with Crippen molar-refractivity contribution in [2.75, 3.05) is 19.4 Å². The summed E-state index contributed by atoms with van der Waals surface area (Å²) >= 11 is 6.09. The Morgan fingerprint density at radius 2 is 2.10 bits per heavy atom. The van der Waals surface area contributed by atoms with Crippen LogP contribution in [-0.2, 0) is 6.54 Å². The summed E-state index contributed by atoms with van der Waals surface area (Å²) in [5, 5.41) is 3.26. The number of nitrogens with one attached hydrogen (secondary N) is 1. The zero-order valence-corrected chi connectivity index (χ0v) is 13.1. The predicted octanol–water partition coefficient (Wildman–Crippen LogP) is 3.36. The van der Waals surface area contributed by atoms with Gasteiger partial charge in [-0.3, -0.25) is 4.79 Å². The second kappa shape index (κ2) is 6.59. The van der Waals surface area contributed by atoms with Crippen molar-refractivity contribution >= 4 is 23.3 Å². The lowest BCUT2D eigenvalue weighted by Crippen LogP contribution is -2.27. The van der Waals surface area contributed by atoms with Gasteiger partial charge in [-0.1, -0.05) is 35.9 Å². The lowest BCUT2D eigenvalue weighted by molar-refractivity contribution is 0.0785. The Morgan fingerprint density at radius 3 is 2.76 bits per heavy atom. The van der Waals surface area contributed by atoms with E-state index in [1.807, 2.05) is 31.2 Å². The molecule has 0 fully saturated rings. The van der Waals surface area contributed by atoms with Crippen molar-refractivity contribution in [1.29, 1.82) is 0 Å². The average Bonchev–Trinajstić information content (AvgIpc) is 2.49. The van der Waals surface area contributed by atoms with Crippen molar-refractivity contribution in [3.8, 4) is 0 Å². The first-order valence-electron chi connectivity index (χ1n) is 6.66. The van der Waals surface area contributed by atoms with Crippen LogP contribution < -0.4 is 5.32 Å². The zero-order valence-electron chi connectivity index (χ0n) is 12.4. The minimum atomic E-state index is -0.123. The van der Waals surface area contributed by atoms with Crippen molar-refractivity contribution < 1.29 is 4.79 Å². The minimum absolute atomic E-state index is 0.123. The molecule has 1 heterocycles. The van der Waals surface area contributed by atoms with Crippen LogP contribution in [0.2, 0.25) is 5.02 Å². The molecule has 110 valence electrons. The molecule has 4 nitrogen and oxygen atoms in total. The molecule has 0 unspecified atom stereocenters. The molecule has 0 bridgehead atoms. The van der Waals surface area contributed by atoms with Gasteiger partial charge in [0.2, 0.25) is 0 Å². The van der Waals surface area contributed by atoms with Crippen LogP contribution in [0.3, 0.4) is 0 Å². The van der Waals surface area contributed by atoms with Crippen LogP contribution in [0.4, 0.5) is 5.82 Å². The van der Waals surface area contributed by atoms with E-state index >= 15 is 0 Å². The van der Waals surface area contributed by atoms with Gasteiger partial charge in [-0.05, 0) is 24.1 Å². The second-order valence-corrected chi connectivity index (χ2v) is 5.29. The third-order valence-electron chi connectivity index (χ3n) is 3.36. The summed E-state index contributed by atoms with van der Waals surface area (Å²) in [7, 11) is 3.52. The van der Waals surface area contributed by atoms with E-state index in [1.54, 1.807) is 25.1 Å². The number of amides is 1. The van der Waals surface area contributed by atoms with Gasteiger partial charge in [0.25, 0.3) is 5.91 Å². The van der Waals surface area contributed by atoms with E-state index in [1.165, 1.54) is 6.20 Å². The van der Waals surface area contributed by atoms with Crippen molar-refractivity contribution in [2.45, 2.75) is 13.5 Å². The Kier molecular flexibility index (Phi) is 4.81. The molecule has 0 aliphatic carbocycles. The van der Waals surface area contributed by atoms with Gasteiger partial charge >= 0.3 is 0 Å². The molecule has 0 atom stereocenters. The van der Waals surface area contributed by atoms with Crippen LogP contribution in [0.5, 0.6) is 0 Å². The number of hydrogen-bond donors (Lipinski definition) is 1. The number of pyridine rings is 1. The van der Waals surface area contributed by atoms with Crippen LogP contribution in [0.15, 0.2) is 36.5 Å². The van der Waals surface area contributed by atoms with Gasteiger partial charge in [0, 0.05) is 26.8 Å². The topological polar surface area (TPSA) is 45.2 Å². The Bertz CT molecular complexity index is 658. The van der Waals surface area contributed by atoms with E-state index in [-0.39, 0.29) is 5.91 Å². The molecule has 0 aliphatic rings. The summed E-state index contributed by atoms with van der Waals surface area (Å²) in [5.41, 5.74) is 2.73. The van der Waals surface area contributed by atoms with Crippen LogP contribution in [-0.4, -0.2) is 29.9 Å². The van der Waals surface area contributed by atoms with Gasteiger partial charge < -0.3 is 10.2 Å². The van der Waals surface area contributed by atoms with Crippen LogP contribution in [0, 0.1) is 6.92 Å². The Balaban J connectivity index is 2.22. The quantitative estimate of drug-likeness (QED) is 0.942. The largest absolute Gasteiger partial charge is 0.373 e. The molecule has 1 N–H and O–H groups in total. The van der Waals surface area contributed by atoms with Gasteiger partial charge in [0.05, 0.1) is 10.6 Å². The zero-order chi connectivity index (χ0) is 15.4. The van der Waals surface area contributed by atoms with Crippen molar-refractivity contribution in [2.24, 2.45) is 0 Å². The lowest BCUT2D eigenvalue weighted by Gasteiger charge is -2.19. The fourth-order valence-corrected chi connectivity index (χ4v) is 2.24. The van der Waals surface area contributed by atoms with Crippen molar-refractivity contribution in [3.63, 3.8) is 0 Å². The maximum absolute atomic E-state index is 12.5. The number of carbonyl (C=O) groups is 1. The van der Waals surface area contributed by atoms with Gasteiger partial charge in [-0.25, -0.2) is 4.98 Å². The normalized spacial score (nSPS) is 10.3. The van der Waals surface area contributed by atoms with E-state index < -0.39 is 0 Å². The van der Waals surface area contributed by atoms with E-state index in [2.05, 4.69) is 10.3 Å². The number of anilines is 1. The van der Waals surface area contributed by atoms with E-state index in [9.17, 15) is 4.79 Å². The highest BCUT2D eigenvalue weighted by molar-refractivity contribution is 6.33. The first-order chi connectivity index (χ1) is 10.0. The monoisotopic (exact) mass is 303 g/mol. The fraction of sp³-hybridized carbons (Fsp3) is 0.250. The van der Waals surface area contributed by atoms with Crippen LogP contribution >= 0.6 is 11.6 Å². The highest BCUT2D eigenvalue weighted by Gasteiger charge is 2.17. The number of hydrogen-bond acceptors (Lipinski definition) is 3. The standard InChI is InChI=1S/C16H18ClN3O/c1-11-6-4-5-7-12(11)10-20(3)16(21)13-8-15(18-2)19-9-14(13)17/h4-9H,10H2,1-3H3,(H,18,19). The second-order valence-electron chi connectivity index (χ2n) is 4.89. The summed E-state index contributed by atoms with van der Waals surface area (Å²) < 4.78 is 0. The summed E-state index contributed by atoms with van der Waals surface area (Å²) in [6.07, 6.45) is 1.49. The maximum atomic E-state index is 12.5. The molecule has 0 spiro atoms. The smallest absolute Gasteiger partial charge is 0.255 e. The Hall–Kier alpha value is -2.07. The van der Waals surface area contributed by atoms with Crippen LogP contribution in [0.1, 0.15) is 21.5 Å². The average molecular weight is 304 g/mol. The molecule has 0 saturated carbocycles. The maximum Gasteiger partial charge on any atom is 0.255 e. The predicted molar refractivity (Wildman–Crippen MR) is 85.8 cm³/mol. The summed E-state index contributed by atoms with van der Waals surface area (Å²) in [5.74, 6) is 0.495. The number of halogens is 1. The molecule has 0 radical (unpaired) electrons. The van der Waals surface area contributed by atoms with Gasteiger partial charge in [-0.15, -0.1) is 0 Å². The molecule has 21 heavy (non-hydrogen) atoms. The summed E-state index contributed by atoms with van der Waals surface area (Å²) in [6, 6.07) is 9.68. The van der Waals surface area contributed by atoms with E-state index in [0.29, 0.717) is 22.9 Å². The molecule has 1 aromatic heterocycles. The van der Waals surface area contributed by atoms with Crippen molar-refractivity contribution in [3.05, 3.63) is 58.2 Å². The SMILES string of the molecule is CNc1cc(C(=O)N(C)Cc2ccccc2C)c(Cl)cn1. The van der Waals surface area contributed by atoms with E-state index in [0.717, 1.165) is 11.1 Å². The summed E-state index contributed by atoms with van der Waals surface area (Å²) in [6.45, 7) is 2.57. The Labute approximate surface area is 129 Å². The molecule has 2 aromatic rings. The highest BCUT2D eigenvalue weighted by atomic mass is 35.5. The number of benzene rings is 1. The van der Waals surface area contributed by atoms with Gasteiger partial charge in [0.1, 0.15) is 5.82 Å². The molecular formula is C16H18ClN3O. The molecule has 1 amide bonds. The molecule has 0 saturated heterocycles. The Morgan fingerprint density at radius 1 is 1.38 bits per heavy atom. The van der Waals surface area contributed by atoms with Crippen molar-refractivity contribution in [1.82, 2.24) is 9.88 Å². The molecule has 5 heteroatoms. The molecule has 1 aromatic carbocycles. The molecule has 0 aliphatic heterocycles. The number of nitrogens with zero attached hydrogens (tertiary/aromatic N) is 2. The number of rotatable bonds is 4. The number of aryl methyl sites for hydroxylation is 1. The minimum Gasteiger partial charge on any atom is -0.373 e. The molecule has 2 rings (SSSR count). The van der Waals surface area contributed by atoms with Gasteiger partial charge in [-0.2, -0.15) is 0 Å². The lowest BCUT2D eigenvalue weighted by atomic mass is 10.1. The van der Waals surface area contributed by atoms with Gasteiger partial charge in [0.15, 0.2) is 0 Å².